The normalized spacial score (nSPS) is 47.9. The minimum absolute atomic E-state index is 0.806. The van der Waals surface area contributed by atoms with E-state index in [0.717, 1.165) is 34.6 Å². The van der Waals surface area contributed by atoms with E-state index in [1.54, 1.807) is 0 Å². The van der Waals surface area contributed by atoms with Crippen LogP contribution in [0, 0.1) is 0 Å². The summed E-state index contributed by atoms with van der Waals surface area (Å²) in [6, 6.07) is -9.49. The van der Waals surface area contributed by atoms with Crippen LogP contribution >= 0.6 is 0 Å². The zero-order chi connectivity index (χ0) is 84.8. The first-order valence-corrected chi connectivity index (χ1v) is 36.6. The molecular weight excluding hydrogens is 1570 g/mol. The van der Waals surface area contributed by atoms with E-state index in [1.165, 1.54) is 0 Å². The third-order valence-corrected chi connectivity index (χ3v) is 20.8. The van der Waals surface area contributed by atoms with E-state index in [0.29, 0.717) is 0 Å². The van der Waals surface area contributed by atoms with E-state index in [9.17, 15) is 147 Å². The summed E-state index contributed by atoms with van der Waals surface area (Å²) >= 11 is 0. The lowest BCUT2D eigenvalue weighted by molar-refractivity contribution is -0.408. The molecule has 45 atom stereocenters. The first kappa shape index (κ1) is 94.6. The Morgan fingerprint density at radius 2 is 0.478 bits per heavy atom. The summed E-state index contributed by atoms with van der Waals surface area (Å²) in [4.78, 5) is 64.2. The highest BCUT2D eigenvalue weighted by Crippen LogP contribution is 2.41. The molecule has 9 fully saturated rings. The average Bonchev–Trinajstić information content (AvgIpc) is 0.758. The number of hydrogen-bond acceptors (Lipinski definition) is 46. The Morgan fingerprint density at radius 3 is 0.861 bits per heavy atom. The number of aliphatic hydroxyl groups is 24. The predicted octanol–water partition coefficient (Wildman–Crippen LogP) is -19.9. The monoisotopic (exact) mass is 1680 g/mol. The first-order chi connectivity index (χ1) is 54.4. The third kappa shape index (κ3) is 21.3. The highest BCUT2D eigenvalue weighted by Gasteiger charge is 2.62. The van der Waals surface area contributed by atoms with Gasteiger partial charge in [-0.1, -0.05) is 0 Å². The number of carbonyl (C=O) groups is 5. The SMILES string of the molecule is CC(=O)N[C@@H]1[C@H](O[C@H]2[C@H](O[C@H]3O[C@H](CO)[C@@H](O)[C@H](O)[C@@H]3O[C@@H]3O[C@H](CO)[C@@H](O[C@@H]4O[C@H](CO)[C@H](O)[C@H](O)[C@H]4O)[C@H](O)[C@H]3NC(C)=O)[C@H](O)[C@H](O[C@H]3[C@H](O)[C@@H](NC(C)=O)[C@H](O[C@H]4[C@H](O)[C@@H](NC(C)=O)[C@H](O)O[C@@H]4CO)O[C@@H]3CO)O[C@@H]2CO[C@H]2O[C@H](CO)[C@@H](O)[C@H](O)[C@@H]2O[C@@H]2O[C@H](CO)[C@@H](O)[C@H](O)[C@H]2NC(C)=O)O[C@H](CO)[C@@H](O)[C@@H]1O. The number of amides is 5. The molecule has 0 aromatic carbocycles. The summed E-state index contributed by atoms with van der Waals surface area (Å²) in [5.41, 5.74) is 0. The van der Waals surface area contributed by atoms with Crippen molar-refractivity contribution < 1.29 is 227 Å². The number of ether oxygens (including phenoxy) is 17. The molecule has 9 rings (SSSR count). The number of carbonyl (C=O) groups excluding carboxylic acids is 5. The van der Waals surface area contributed by atoms with E-state index in [1.807, 2.05) is 0 Å². The molecule has 9 saturated heterocycles. The molecule has 0 bridgehead atoms. The molecule has 51 nitrogen and oxygen atoms in total. The van der Waals surface area contributed by atoms with Gasteiger partial charge >= 0.3 is 0 Å². The number of rotatable bonds is 30. The van der Waals surface area contributed by atoms with Gasteiger partial charge in [0.25, 0.3) is 0 Å². The zero-order valence-electron chi connectivity index (χ0n) is 62.1. The first-order valence-electron chi connectivity index (χ1n) is 36.6. The van der Waals surface area contributed by atoms with Gasteiger partial charge in [-0.3, -0.25) is 24.0 Å². The highest BCUT2D eigenvalue weighted by atomic mass is 16.8. The van der Waals surface area contributed by atoms with Crippen molar-refractivity contribution in [1.82, 2.24) is 26.6 Å². The van der Waals surface area contributed by atoms with E-state index in [4.69, 9.17) is 80.5 Å². The number of hydrogen-bond donors (Lipinski definition) is 29. The van der Waals surface area contributed by atoms with Crippen LogP contribution in [0.15, 0.2) is 0 Å². The van der Waals surface area contributed by atoms with Gasteiger partial charge in [0, 0.05) is 34.6 Å². The van der Waals surface area contributed by atoms with Crippen molar-refractivity contribution >= 4 is 29.5 Å². The Balaban J connectivity index is 1.17. The van der Waals surface area contributed by atoms with Crippen molar-refractivity contribution in [2.75, 3.05) is 59.5 Å². The van der Waals surface area contributed by atoms with Crippen LogP contribution in [-0.2, 0) is 104 Å². The quantitative estimate of drug-likeness (QED) is 0.0318. The fourth-order valence-electron chi connectivity index (χ4n) is 14.9. The number of aliphatic hydroxyl groups excluding tert-OH is 24. The lowest BCUT2D eigenvalue weighted by Gasteiger charge is -2.52. The summed E-state index contributed by atoms with van der Waals surface area (Å²) in [7, 11) is 0. The average molecular weight is 1680 g/mol. The largest absolute Gasteiger partial charge is 0.394 e. The maximum Gasteiger partial charge on any atom is 0.217 e. The van der Waals surface area contributed by atoms with E-state index >= 15 is 0 Å². The fraction of sp³-hybridized carbons (Fsp3) is 0.922. The van der Waals surface area contributed by atoms with Crippen molar-refractivity contribution in [3.63, 3.8) is 0 Å². The van der Waals surface area contributed by atoms with Gasteiger partial charge in [0.05, 0.1) is 59.5 Å². The molecule has 0 saturated carbocycles. The van der Waals surface area contributed by atoms with E-state index < -0.39 is 365 Å². The molecule has 115 heavy (non-hydrogen) atoms. The van der Waals surface area contributed by atoms with Crippen LogP contribution < -0.4 is 26.6 Å². The molecule has 9 aliphatic heterocycles. The minimum atomic E-state index is -2.72. The van der Waals surface area contributed by atoms with Gasteiger partial charge in [0.1, 0.15) is 219 Å². The molecular formula is C64H107N5O46. The molecule has 0 radical (unpaired) electrons. The summed E-state index contributed by atoms with van der Waals surface area (Å²) in [6.07, 6.45) is -85.8. The van der Waals surface area contributed by atoms with Crippen molar-refractivity contribution in [1.29, 1.82) is 0 Å². The zero-order valence-corrected chi connectivity index (χ0v) is 62.1. The van der Waals surface area contributed by atoms with Crippen molar-refractivity contribution in [2.45, 2.75) is 311 Å². The molecule has 51 heteroatoms. The Morgan fingerprint density at radius 1 is 0.226 bits per heavy atom. The molecule has 9 aliphatic rings. The highest BCUT2D eigenvalue weighted by molar-refractivity contribution is 5.75. The van der Waals surface area contributed by atoms with Crippen LogP contribution in [0.3, 0.4) is 0 Å². The van der Waals surface area contributed by atoms with Crippen LogP contribution in [0.5, 0.6) is 0 Å². The van der Waals surface area contributed by atoms with Gasteiger partial charge in [-0.2, -0.15) is 0 Å². The molecule has 0 aromatic heterocycles. The Kier molecular flexibility index (Phi) is 34.1. The second-order valence-electron chi connectivity index (χ2n) is 28.9. The van der Waals surface area contributed by atoms with Gasteiger partial charge < -0.3 is 230 Å². The summed E-state index contributed by atoms with van der Waals surface area (Å²) in [5, 5.41) is 281. The van der Waals surface area contributed by atoms with Crippen molar-refractivity contribution in [2.24, 2.45) is 0 Å². The second-order valence-corrected chi connectivity index (χ2v) is 28.9. The summed E-state index contributed by atoms with van der Waals surface area (Å²) in [6.45, 7) is -5.57. The van der Waals surface area contributed by atoms with Gasteiger partial charge in [-0.05, 0) is 0 Å². The van der Waals surface area contributed by atoms with Crippen LogP contribution in [0.1, 0.15) is 34.6 Å². The summed E-state index contributed by atoms with van der Waals surface area (Å²) < 4.78 is 103. The molecule has 0 unspecified atom stereocenters. The van der Waals surface area contributed by atoms with Crippen LogP contribution in [0.4, 0.5) is 0 Å². The van der Waals surface area contributed by atoms with Crippen molar-refractivity contribution in [3.05, 3.63) is 0 Å². The van der Waals surface area contributed by atoms with Crippen molar-refractivity contribution in [3.8, 4) is 0 Å². The van der Waals surface area contributed by atoms with Crippen LogP contribution in [0.2, 0.25) is 0 Å². The lowest BCUT2D eigenvalue weighted by Crippen LogP contribution is -2.71. The topological polar surface area (TPSA) is 788 Å². The Hall–Kier alpha value is -4.29. The Labute approximate surface area is 651 Å². The minimum Gasteiger partial charge on any atom is -0.394 e. The molecule has 0 aliphatic carbocycles. The Bertz CT molecular complexity index is 3100. The second kappa shape index (κ2) is 41.5. The predicted molar refractivity (Wildman–Crippen MR) is 355 cm³/mol. The van der Waals surface area contributed by atoms with Gasteiger partial charge in [0.15, 0.2) is 56.6 Å². The smallest absolute Gasteiger partial charge is 0.217 e. The van der Waals surface area contributed by atoms with Gasteiger partial charge in [-0.15, -0.1) is 0 Å². The fourth-order valence-corrected chi connectivity index (χ4v) is 14.9. The van der Waals surface area contributed by atoms with Gasteiger partial charge in [-0.25, -0.2) is 0 Å². The molecule has 0 aromatic rings. The molecule has 9 heterocycles. The molecule has 29 N–H and O–H groups in total. The summed E-state index contributed by atoms with van der Waals surface area (Å²) in [5.74, 6) is -4.64. The lowest BCUT2D eigenvalue weighted by atomic mass is 9.93. The maximum atomic E-state index is 13.3. The van der Waals surface area contributed by atoms with Crippen LogP contribution in [0.25, 0.3) is 0 Å². The van der Waals surface area contributed by atoms with E-state index in [2.05, 4.69) is 26.6 Å². The maximum absolute atomic E-state index is 13.3. The molecule has 0 spiro atoms. The molecule has 664 valence electrons. The third-order valence-electron chi connectivity index (χ3n) is 20.8. The molecule has 5 amide bonds. The van der Waals surface area contributed by atoms with E-state index in [-0.39, 0.29) is 0 Å². The number of nitrogens with one attached hydrogen (secondary N) is 5. The standard InChI is InChI=1S/C64H107N5O46/c1-15(78)65-29-41(90)49(25(11-75)100-56(29)98)109-59-32(68-18(4)81)42(91)51(27(13-77)106-59)111-62-48(97)53(113-64-55(46(95)38(87)24(10-74)105-64)115-60-33(69-19(5)82)43(92)50(26(12-76)107-60)110-61-47(96)44(93)36(85)22(8-72)103-61)52(112-57-30(66-16(2)79)39(88)34(83)20(6-70)101-57)28(108-62)14-99-63-54(45(94)37(86)23(9-73)104-63)114-58-31(67-17(3)80)40(89)35(84)21(7-71)102-58/h20-64,70-77,83-98H,6-14H2,1-5H3,(H,65,78)(H,66,79)(H,67,80)(H,68,81)(H,69,82)/t20-,21-,22-,23-,24-,25-,26-,27-,28-,29-,30+,31-,32-,33-,34-,35-,36+,37-,38-,39-,40-,41-,42-,43-,44+,45+,46+,47-,48+,49-,50-,51-,52-,53-,54+,55+,56-,57+,58+,59+,60+,61+,62+,63+,64-/m1/s1. The van der Waals surface area contributed by atoms with Crippen LogP contribution in [-0.4, -0.2) is 488 Å². The van der Waals surface area contributed by atoms with Gasteiger partial charge in [0.2, 0.25) is 29.5 Å².